The Morgan fingerprint density at radius 1 is 1.18 bits per heavy atom. The molecule has 1 unspecified atom stereocenters. The Morgan fingerprint density at radius 3 is 2.32 bits per heavy atom. The molecule has 0 spiro atoms. The van der Waals surface area contributed by atoms with Gasteiger partial charge in [-0.3, -0.25) is 0 Å². The molecule has 22 heavy (non-hydrogen) atoms. The fourth-order valence-corrected chi connectivity index (χ4v) is 3.30. The Kier molecular flexibility index (Phi) is 5.22. The lowest BCUT2D eigenvalue weighted by Crippen LogP contribution is -2.43. The molecule has 0 aliphatic heterocycles. The fourth-order valence-electron chi connectivity index (χ4n) is 3.30. The molecule has 4 heteroatoms. The Morgan fingerprint density at radius 2 is 1.77 bits per heavy atom. The van der Waals surface area contributed by atoms with E-state index in [0.29, 0.717) is 0 Å². The van der Waals surface area contributed by atoms with E-state index in [1.54, 1.807) is 12.1 Å². The molecule has 4 nitrogen and oxygen atoms in total. The van der Waals surface area contributed by atoms with Crippen LogP contribution in [-0.4, -0.2) is 22.6 Å². The van der Waals surface area contributed by atoms with Crippen molar-refractivity contribution in [3.8, 4) is 0 Å². The van der Waals surface area contributed by atoms with Gasteiger partial charge >= 0.3 is 11.9 Å². The largest absolute Gasteiger partial charge is 0.478 e. The van der Waals surface area contributed by atoms with Gasteiger partial charge in [0.05, 0.1) is 11.1 Å². The van der Waals surface area contributed by atoms with Gasteiger partial charge < -0.3 is 9.84 Å². The third kappa shape index (κ3) is 3.32. The molecule has 1 aromatic rings. The van der Waals surface area contributed by atoms with Crippen molar-refractivity contribution >= 4 is 11.9 Å². The highest BCUT2D eigenvalue weighted by Crippen LogP contribution is 2.40. The third-order valence-electron chi connectivity index (χ3n) is 4.88. The van der Waals surface area contributed by atoms with Crippen molar-refractivity contribution in [1.29, 1.82) is 0 Å². The summed E-state index contributed by atoms with van der Waals surface area (Å²) in [6.45, 7) is 4.21. The topological polar surface area (TPSA) is 63.6 Å². The minimum atomic E-state index is -1.10. The van der Waals surface area contributed by atoms with Gasteiger partial charge in [0.15, 0.2) is 0 Å². The predicted octanol–water partition coefficient (Wildman–Crippen LogP) is 4.29. The number of aromatic carboxylic acids is 1. The first-order valence-electron chi connectivity index (χ1n) is 8.06. The minimum Gasteiger partial charge on any atom is -0.478 e. The molecule has 1 aliphatic carbocycles. The van der Waals surface area contributed by atoms with E-state index in [-0.39, 0.29) is 17.0 Å². The second kappa shape index (κ2) is 6.95. The lowest BCUT2D eigenvalue weighted by atomic mass is 9.75. The first-order chi connectivity index (χ1) is 10.5. The number of ether oxygens (including phenoxy) is 1. The molecule has 0 bridgehead atoms. The van der Waals surface area contributed by atoms with Crippen molar-refractivity contribution in [3.05, 3.63) is 35.4 Å². The monoisotopic (exact) mass is 304 g/mol. The van der Waals surface area contributed by atoms with E-state index in [1.807, 2.05) is 0 Å². The smallest absolute Gasteiger partial charge is 0.339 e. The van der Waals surface area contributed by atoms with E-state index >= 15 is 0 Å². The third-order valence-corrected chi connectivity index (χ3v) is 4.88. The number of benzene rings is 1. The zero-order valence-corrected chi connectivity index (χ0v) is 13.3. The predicted molar refractivity (Wildman–Crippen MR) is 84.1 cm³/mol. The first-order valence-corrected chi connectivity index (χ1v) is 8.06. The highest BCUT2D eigenvalue weighted by atomic mass is 16.6. The molecule has 1 fully saturated rings. The van der Waals surface area contributed by atoms with Crippen molar-refractivity contribution in [3.63, 3.8) is 0 Å². The van der Waals surface area contributed by atoms with Crippen molar-refractivity contribution in [1.82, 2.24) is 0 Å². The first kappa shape index (κ1) is 16.5. The maximum Gasteiger partial charge on any atom is 0.339 e. The van der Waals surface area contributed by atoms with Crippen LogP contribution in [0.1, 0.15) is 73.1 Å². The zero-order chi connectivity index (χ0) is 16.2. The Bertz CT molecular complexity index is 544. The van der Waals surface area contributed by atoms with Crippen LogP contribution in [0.3, 0.4) is 0 Å². The van der Waals surface area contributed by atoms with Crippen LogP contribution < -0.4 is 0 Å². The van der Waals surface area contributed by atoms with Gasteiger partial charge in [-0.1, -0.05) is 32.4 Å². The van der Waals surface area contributed by atoms with Crippen LogP contribution in [0.25, 0.3) is 0 Å². The van der Waals surface area contributed by atoms with Gasteiger partial charge in [0, 0.05) is 0 Å². The van der Waals surface area contributed by atoms with Gasteiger partial charge in [0.25, 0.3) is 0 Å². The summed E-state index contributed by atoms with van der Waals surface area (Å²) in [5.74, 6) is -1.34. The maximum absolute atomic E-state index is 12.6. The Hall–Kier alpha value is -1.84. The summed E-state index contributed by atoms with van der Waals surface area (Å²) < 4.78 is 5.91. The summed E-state index contributed by atoms with van der Waals surface area (Å²) in [7, 11) is 0. The van der Waals surface area contributed by atoms with Gasteiger partial charge in [-0.15, -0.1) is 0 Å². The number of carbonyl (C=O) groups is 2. The average molecular weight is 304 g/mol. The number of hydrogen-bond acceptors (Lipinski definition) is 3. The number of esters is 1. The van der Waals surface area contributed by atoms with Gasteiger partial charge in [0.2, 0.25) is 0 Å². The highest BCUT2D eigenvalue weighted by Gasteiger charge is 2.40. The summed E-state index contributed by atoms with van der Waals surface area (Å²) >= 11 is 0. The SMILES string of the molecule is CCC(C)C1(OC(=O)c2ccccc2C(=O)O)CCCCC1. The van der Waals surface area contributed by atoms with Crippen LogP contribution in [0.4, 0.5) is 0 Å². The Balaban J connectivity index is 2.27. The molecular formula is C18H24O4. The van der Waals surface area contributed by atoms with E-state index in [9.17, 15) is 14.7 Å². The molecular weight excluding hydrogens is 280 g/mol. The lowest BCUT2D eigenvalue weighted by molar-refractivity contribution is -0.0695. The lowest BCUT2D eigenvalue weighted by Gasteiger charge is -2.41. The number of carboxylic acid groups (broad SMARTS) is 1. The van der Waals surface area contributed by atoms with Crippen LogP contribution in [0.5, 0.6) is 0 Å². The molecule has 1 atom stereocenters. The number of hydrogen-bond donors (Lipinski definition) is 1. The molecule has 120 valence electrons. The zero-order valence-electron chi connectivity index (χ0n) is 13.3. The highest BCUT2D eigenvalue weighted by molar-refractivity contribution is 6.02. The van der Waals surface area contributed by atoms with Crippen molar-refractivity contribution in [2.24, 2.45) is 5.92 Å². The molecule has 1 aromatic carbocycles. The van der Waals surface area contributed by atoms with Crippen LogP contribution in [0, 0.1) is 5.92 Å². The van der Waals surface area contributed by atoms with Crippen LogP contribution in [-0.2, 0) is 4.74 Å². The standard InChI is InChI=1S/C18H24O4/c1-3-13(2)18(11-7-4-8-12-18)22-17(21)15-10-6-5-9-14(15)16(19)20/h5-6,9-10,13H,3-4,7-8,11-12H2,1-2H3,(H,19,20). The summed E-state index contributed by atoms with van der Waals surface area (Å²) in [5, 5.41) is 9.23. The van der Waals surface area contributed by atoms with Gasteiger partial charge in [-0.05, 0) is 50.2 Å². The van der Waals surface area contributed by atoms with E-state index in [0.717, 1.165) is 32.1 Å². The molecule has 0 aromatic heterocycles. The normalized spacial score (nSPS) is 18.5. The summed E-state index contributed by atoms with van der Waals surface area (Å²) in [5.41, 5.74) is -0.304. The van der Waals surface area contributed by atoms with E-state index < -0.39 is 17.5 Å². The molecule has 0 amide bonds. The molecule has 1 aliphatic rings. The van der Waals surface area contributed by atoms with Crippen LogP contribution in [0.15, 0.2) is 24.3 Å². The fraction of sp³-hybridized carbons (Fsp3) is 0.556. The van der Waals surface area contributed by atoms with E-state index in [4.69, 9.17) is 4.74 Å². The maximum atomic E-state index is 12.6. The Labute approximate surface area is 131 Å². The van der Waals surface area contributed by atoms with Crippen molar-refractivity contribution in [2.45, 2.75) is 58.0 Å². The minimum absolute atomic E-state index is 0.00242. The second-order valence-corrected chi connectivity index (χ2v) is 6.17. The molecule has 2 rings (SSSR count). The van der Waals surface area contributed by atoms with Gasteiger partial charge in [-0.25, -0.2) is 9.59 Å². The summed E-state index contributed by atoms with van der Waals surface area (Å²) in [4.78, 5) is 23.9. The van der Waals surface area contributed by atoms with Crippen LogP contribution in [0.2, 0.25) is 0 Å². The van der Waals surface area contributed by atoms with Gasteiger partial charge in [-0.2, -0.15) is 0 Å². The molecule has 0 saturated heterocycles. The molecule has 1 saturated carbocycles. The van der Waals surface area contributed by atoms with Gasteiger partial charge in [0.1, 0.15) is 5.60 Å². The second-order valence-electron chi connectivity index (χ2n) is 6.17. The molecule has 1 N–H and O–H groups in total. The number of rotatable bonds is 5. The number of carboxylic acids is 1. The summed E-state index contributed by atoms with van der Waals surface area (Å²) in [6.07, 6.45) is 5.94. The number of carbonyl (C=O) groups excluding carboxylic acids is 1. The van der Waals surface area contributed by atoms with E-state index in [1.165, 1.54) is 18.6 Å². The molecule has 0 heterocycles. The van der Waals surface area contributed by atoms with Crippen molar-refractivity contribution in [2.75, 3.05) is 0 Å². The summed E-state index contributed by atoms with van der Waals surface area (Å²) in [6, 6.07) is 6.25. The van der Waals surface area contributed by atoms with Crippen LogP contribution >= 0.6 is 0 Å². The quantitative estimate of drug-likeness (QED) is 0.824. The molecule has 0 radical (unpaired) electrons. The van der Waals surface area contributed by atoms with E-state index in [2.05, 4.69) is 13.8 Å². The average Bonchev–Trinajstić information content (AvgIpc) is 2.54. The van der Waals surface area contributed by atoms with Crippen molar-refractivity contribution < 1.29 is 19.4 Å².